The van der Waals surface area contributed by atoms with E-state index in [4.69, 9.17) is 9.47 Å². The molecule has 0 aliphatic carbocycles. The second-order valence-corrected chi connectivity index (χ2v) is 9.42. The maximum absolute atomic E-state index is 12.9. The van der Waals surface area contributed by atoms with Crippen LogP contribution in [0.2, 0.25) is 0 Å². The quantitative estimate of drug-likeness (QED) is 0.320. The maximum Gasteiger partial charge on any atom is 0.346 e. The van der Waals surface area contributed by atoms with Gasteiger partial charge in [0.05, 0.1) is 33.4 Å². The van der Waals surface area contributed by atoms with Crippen LogP contribution in [0.1, 0.15) is 95.5 Å². The second kappa shape index (κ2) is 11.3. The Hall–Kier alpha value is -5.12. The Balaban J connectivity index is 1.81. The zero-order chi connectivity index (χ0) is 30.0. The third kappa shape index (κ3) is 5.96. The molecule has 3 aromatic carbocycles. The van der Waals surface area contributed by atoms with Crippen LogP contribution in [0.4, 0.5) is 0 Å². The summed E-state index contributed by atoms with van der Waals surface area (Å²) in [7, 11) is 0. The number of carbonyl (C=O) groups excluding carboxylic acids is 4. The standard InChI is InChI=1S/C30H26O10/c1-13-9-20(10-14(2)22(13)26(33)34)27(35)39-30(38)24-17(5)11-21(12-18(24)6)28(36)40-29(37)23-15(3)7-19(25(31)32)8-16(23)4/h7-12H,1-6H3,(H,31,32)(H,33,34). The molecule has 0 atom stereocenters. The number of carboxylic acids is 2. The fraction of sp³-hybridized carbons (Fsp3) is 0.200. The van der Waals surface area contributed by atoms with E-state index in [0.29, 0.717) is 22.3 Å². The van der Waals surface area contributed by atoms with Crippen molar-refractivity contribution in [1.29, 1.82) is 0 Å². The number of benzene rings is 3. The third-order valence-corrected chi connectivity index (χ3v) is 6.31. The van der Waals surface area contributed by atoms with Gasteiger partial charge in [-0.25, -0.2) is 28.8 Å². The summed E-state index contributed by atoms with van der Waals surface area (Å²) >= 11 is 0. The van der Waals surface area contributed by atoms with E-state index in [2.05, 4.69) is 0 Å². The van der Waals surface area contributed by atoms with Crippen LogP contribution in [0, 0.1) is 41.5 Å². The Kier molecular flexibility index (Phi) is 8.33. The molecule has 0 unspecified atom stereocenters. The first-order valence-corrected chi connectivity index (χ1v) is 12.0. The molecule has 0 heterocycles. The van der Waals surface area contributed by atoms with Crippen molar-refractivity contribution >= 4 is 35.8 Å². The highest BCUT2D eigenvalue weighted by Gasteiger charge is 2.25. The summed E-state index contributed by atoms with van der Waals surface area (Å²) in [6, 6.07) is 7.87. The van der Waals surface area contributed by atoms with Crippen molar-refractivity contribution in [3.63, 3.8) is 0 Å². The number of carbonyl (C=O) groups is 6. The predicted octanol–water partition coefficient (Wildman–Crippen LogP) is 4.93. The Bertz CT molecular complexity index is 1560. The largest absolute Gasteiger partial charge is 0.478 e. The summed E-state index contributed by atoms with van der Waals surface area (Å²) in [5, 5.41) is 18.5. The van der Waals surface area contributed by atoms with Crippen LogP contribution in [0.3, 0.4) is 0 Å². The molecule has 40 heavy (non-hydrogen) atoms. The summed E-state index contributed by atoms with van der Waals surface area (Å²) < 4.78 is 10.1. The van der Waals surface area contributed by atoms with Gasteiger partial charge < -0.3 is 19.7 Å². The molecule has 10 nitrogen and oxygen atoms in total. The van der Waals surface area contributed by atoms with Gasteiger partial charge in [-0.1, -0.05) is 0 Å². The van der Waals surface area contributed by atoms with Gasteiger partial charge in [0.15, 0.2) is 0 Å². The first kappa shape index (κ1) is 29.4. The highest BCUT2D eigenvalue weighted by molar-refractivity contribution is 6.07. The predicted molar refractivity (Wildman–Crippen MR) is 141 cm³/mol. The van der Waals surface area contributed by atoms with E-state index in [-0.39, 0.29) is 44.5 Å². The van der Waals surface area contributed by atoms with Crippen molar-refractivity contribution in [2.75, 3.05) is 0 Å². The minimum Gasteiger partial charge on any atom is -0.478 e. The van der Waals surface area contributed by atoms with Crippen LogP contribution in [0.15, 0.2) is 36.4 Å². The molecule has 0 bridgehead atoms. The average molecular weight is 547 g/mol. The molecule has 0 amide bonds. The van der Waals surface area contributed by atoms with Crippen LogP contribution in [0.5, 0.6) is 0 Å². The van der Waals surface area contributed by atoms with Crippen molar-refractivity contribution < 1.29 is 48.5 Å². The monoisotopic (exact) mass is 546 g/mol. The summed E-state index contributed by atoms with van der Waals surface area (Å²) in [6.07, 6.45) is 0. The highest BCUT2D eigenvalue weighted by Crippen LogP contribution is 2.23. The average Bonchev–Trinajstić information content (AvgIpc) is 2.82. The van der Waals surface area contributed by atoms with Gasteiger partial charge >= 0.3 is 35.8 Å². The van der Waals surface area contributed by atoms with E-state index in [0.717, 1.165) is 0 Å². The van der Waals surface area contributed by atoms with Crippen LogP contribution in [0.25, 0.3) is 0 Å². The molecule has 2 N–H and O–H groups in total. The lowest BCUT2D eigenvalue weighted by Crippen LogP contribution is -2.18. The molecule has 0 spiro atoms. The molecule has 0 saturated heterocycles. The van der Waals surface area contributed by atoms with E-state index >= 15 is 0 Å². The first-order chi connectivity index (χ1) is 18.6. The van der Waals surface area contributed by atoms with Crippen LogP contribution in [-0.2, 0) is 9.47 Å². The second-order valence-electron chi connectivity index (χ2n) is 9.42. The molecule has 0 aliphatic heterocycles. The summed E-state index contributed by atoms with van der Waals surface area (Å²) in [5.74, 6) is -6.19. The SMILES string of the molecule is Cc1cc(C(=O)OC(=O)c2c(C)cc(C(=O)OC(=O)c3c(C)cc(C(=O)O)cc3C)cc2C)cc(C)c1C(=O)O. The molecular weight excluding hydrogens is 520 g/mol. The molecule has 10 heteroatoms. The smallest absolute Gasteiger partial charge is 0.346 e. The summed E-state index contributed by atoms with van der Waals surface area (Å²) in [4.78, 5) is 73.6. The van der Waals surface area contributed by atoms with E-state index in [1.54, 1.807) is 0 Å². The molecule has 3 aromatic rings. The Morgan fingerprint density at radius 2 is 0.700 bits per heavy atom. The fourth-order valence-electron chi connectivity index (χ4n) is 4.62. The van der Waals surface area contributed by atoms with Crippen molar-refractivity contribution in [1.82, 2.24) is 0 Å². The summed E-state index contributed by atoms with van der Waals surface area (Å²) in [5.41, 5.74) is 2.00. The molecule has 0 fully saturated rings. The topological polar surface area (TPSA) is 161 Å². The number of hydrogen-bond acceptors (Lipinski definition) is 8. The van der Waals surface area contributed by atoms with Gasteiger partial charge in [-0.05, 0) is 111 Å². The molecule has 0 saturated carbocycles. The van der Waals surface area contributed by atoms with E-state index in [1.165, 1.54) is 77.9 Å². The van der Waals surface area contributed by atoms with Gasteiger partial charge in [-0.3, -0.25) is 0 Å². The number of esters is 4. The molecule has 0 aliphatic rings. The maximum atomic E-state index is 12.9. The normalized spacial score (nSPS) is 10.6. The lowest BCUT2D eigenvalue weighted by molar-refractivity contribution is 0.0375. The Morgan fingerprint density at radius 1 is 0.425 bits per heavy atom. The van der Waals surface area contributed by atoms with E-state index < -0.39 is 35.8 Å². The van der Waals surface area contributed by atoms with Gasteiger partial charge in [0.1, 0.15) is 0 Å². The van der Waals surface area contributed by atoms with Gasteiger partial charge in [0.2, 0.25) is 0 Å². The lowest BCUT2D eigenvalue weighted by Gasteiger charge is -2.13. The fourth-order valence-corrected chi connectivity index (χ4v) is 4.62. The molecule has 3 rings (SSSR count). The number of aromatic carboxylic acids is 2. The van der Waals surface area contributed by atoms with E-state index in [1.807, 2.05) is 0 Å². The molecule has 0 aromatic heterocycles. The van der Waals surface area contributed by atoms with Gasteiger partial charge in [0.25, 0.3) is 0 Å². The third-order valence-electron chi connectivity index (χ3n) is 6.31. The molecule has 206 valence electrons. The number of aryl methyl sites for hydroxylation is 6. The van der Waals surface area contributed by atoms with E-state index in [9.17, 15) is 39.0 Å². The van der Waals surface area contributed by atoms with Crippen molar-refractivity contribution in [3.8, 4) is 0 Å². The van der Waals surface area contributed by atoms with Crippen LogP contribution >= 0.6 is 0 Å². The zero-order valence-corrected chi connectivity index (χ0v) is 22.6. The van der Waals surface area contributed by atoms with Crippen LogP contribution in [-0.4, -0.2) is 46.0 Å². The van der Waals surface area contributed by atoms with Crippen molar-refractivity contribution in [3.05, 3.63) is 103 Å². The highest BCUT2D eigenvalue weighted by atomic mass is 16.6. The molecule has 0 radical (unpaired) electrons. The zero-order valence-electron chi connectivity index (χ0n) is 22.6. The number of ether oxygens (including phenoxy) is 2. The Labute approximate surface area is 229 Å². The summed E-state index contributed by atoms with van der Waals surface area (Å²) in [6.45, 7) is 9.14. The minimum atomic E-state index is -1.16. The first-order valence-electron chi connectivity index (χ1n) is 12.0. The van der Waals surface area contributed by atoms with Crippen molar-refractivity contribution in [2.24, 2.45) is 0 Å². The number of carboxylic acid groups (broad SMARTS) is 2. The van der Waals surface area contributed by atoms with Gasteiger partial charge in [-0.15, -0.1) is 0 Å². The van der Waals surface area contributed by atoms with Crippen molar-refractivity contribution in [2.45, 2.75) is 41.5 Å². The van der Waals surface area contributed by atoms with Gasteiger partial charge in [-0.2, -0.15) is 0 Å². The Morgan fingerprint density at radius 3 is 0.975 bits per heavy atom. The minimum absolute atomic E-state index is 0.00402. The number of hydrogen-bond donors (Lipinski definition) is 2. The van der Waals surface area contributed by atoms with Gasteiger partial charge in [0, 0.05) is 0 Å². The molecular formula is C30H26O10. The lowest BCUT2D eigenvalue weighted by atomic mass is 9.98. The van der Waals surface area contributed by atoms with Crippen LogP contribution < -0.4 is 0 Å². The number of rotatable bonds is 6.